The van der Waals surface area contributed by atoms with Crippen molar-refractivity contribution in [1.82, 2.24) is 0 Å². The number of carbonyl (C=O) groups is 1. The second-order valence-corrected chi connectivity index (χ2v) is 4.65. The quantitative estimate of drug-likeness (QED) is 0.531. The normalized spacial score (nSPS) is 36.9. The average molecular weight is 212 g/mol. The van der Waals surface area contributed by atoms with Gasteiger partial charge in [0.15, 0.2) is 5.79 Å². The Morgan fingerprint density at radius 1 is 1.40 bits per heavy atom. The zero-order chi connectivity index (χ0) is 11.6. The zero-order valence-electron chi connectivity index (χ0n) is 9.90. The van der Waals surface area contributed by atoms with Crippen LogP contribution in [0.4, 0.5) is 0 Å². The monoisotopic (exact) mass is 212 g/mol. The molecular formula is C12H20O3. The second kappa shape index (κ2) is 4.45. The van der Waals surface area contributed by atoms with E-state index in [0.717, 1.165) is 6.29 Å². The highest BCUT2D eigenvalue weighted by atomic mass is 16.7. The fourth-order valence-corrected chi connectivity index (χ4v) is 2.01. The standard InChI is InChI=1S/C12H20O3/c1-6-10-9(3)11(8(2)7-13)15-12(4,5)14-10/h6-11H,1H2,2-5H3/t8-,9-,10+,11+/m0/s1. The molecule has 3 heteroatoms. The molecule has 3 nitrogen and oxygen atoms in total. The fourth-order valence-electron chi connectivity index (χ4n) is 2.01. The van der Waals surface area contributed by atoms with Gasteiger partial charge in [-0.25, -0.2) is 0 Å². The third kappa shape index (κ3) is 2.67. The van der Waals surface area contributed by atoms with E-state index in [1.807, 2.05) is 27.7 Å². The molecular weight excluding hydrogens is 192 g/mol. The van der Waals surface area contributed by atoms with Gasteiger partial charge in [0, 0.05) is 11.8 Å². The summed E-state index contributed by atoms with van der Waals surface area (Å²) in [7, 11) is 0. The van der Waals surface area contributed by atoms with E-state index in [9.17, 15) is 4.79 Å². The van der Waals surface area contributed by atoms with E-state index in [-0.39, 0.29) is 24.0 Å². The molecule has 1 aliphatic rings. The van der Waals surface area contributed by atoms with Crippen LogP contribution in [-0.4, -0.2) is 24.3 Å². The molecule has 1 aliphatic heterocycles. The highest BCUT2D eigenvalue weighted by molar-refractivity contribution is 5.54. The van der Waals surface area contributed by atoms with Gasteiger partial charge in [-0.1, -0.05) is 19.9 Å². The van der Waals surface area contributed by atoms with E-state index in [1.54, 1.807) is 6.08 Å². The maximum Gasteiger partial charge on any atom is 0.163 e. The van der Waals surface area contributed by atoms with Gasteiger partial charge in [0.05, 0.1) is 12.2 Å². The number of aldehydes is 1. The minimum atomic E-state index is -0.646. The first-order valence-corrected chi connectivity index (χ1v) is 5.34. The Balaban J connectivity index is 2.86. The SMILES string of the molecule is C=C[C@H]1OC(C)(C)O[C@H]([C@@H](C)C=O)[C@H]1C. The molecule has 0 aromatic carbocycles. The molecule has 1 saturated heterocycles. The van der Waals surface area contributed by atoms with Crippen LogP contribution in [0.2, 0.25) is 0 Å². The van der Waals surface area contributed by atoms with Gasteiger partial charge in [0.1, 0.15) is 6.29 Å². The lowest BCUT2D eigenvalue weighted by Gasteiger charge is -2.45. The van der Waals surface area contributed by atoms with Crippen molar-refractivity contribution >= 4 is 6.29 Å². The van der Waals surface area contributed by atoms with Crippen LogP contribution in [0, 0.1) is 11.8 Å². The molecule has 0 aromatic heterocycles. The van der Waals surface area contributed by atoms with Crippen LogP contribution >= 0.6 is 0 Å². The lowest BCUT2D eigenvalue weighted by molar-refractivity contribution is -0.314. The Hall–Kier alpha value is -0.670. The van der Waals surface area contributed by atoms with Gasteiger partial charge < -0.3 is 14.3 Å². The molecule has 0 bridgehead atoms. The molecule has 4 atom stereocenters. The van der Waals surface area contributed by atoms with Crippen LogP contribution < -0.4 is 0 Å². The molecule has 0 saturated carbocycles. The number of hydrogen-bond donors (Lipinski definition) is 0. The van der Waals surface area contributed by atoms with Gasteiger partial charge in [0.25, 0.3) is 0 Å². The Kier molecular flexibility index (Phi) is 3.68. The predicted molar refractivity (Wildman–Crippen MR) is 58.4 cm³/mol. The summed E-state index contributed by atoms with van der Waals surface area (Å²) in [5, 5.41) is 0. The molecule has 0 amide bonds. The number of rotatable bonds is 3. The molecule has 1 heterocycles. The summed E-state index contributed by atoms with van der Waals surface area (Å²) in [5.74, 6) is -0.617. The van der Waals surface area contributed by atoms with E-state index in [4.69, 9.17) is 9.47 Å². The van der Waals surface area contributed by atoms with Gasteiger partial charge in [0.2, 0.25) is 0 Å². The van der Waals surface area contributed by atoms with E-state index in [1.165, 1.54) is 0 Å². The van der Waals surface area contributed by atoms with E-state index in [0.29, 0.717) is 0 Å². The summed E-state index contributed by atoms with van der Waals surface area (Å²) < 4.78 is 11.5. The fraction of sp³-hybridized carbons (Fsp3) is 0.750. The Morgan fingerprint density at radius 3 is 2.47 bits per heavy atom. The number of carbonyl (C=O) groups excluding carboxylic acids is 1. The molecule has 15 heavy (non-hydrogen) atoms. The number of ether oxygens (including phenoxy) is 2. The summed E-state index contributed by atoms with van der Waals surface area (Å²) in [5.41, 5.74) is 0. The van der Waals surface area contributed by atoms with Crippen molar-refractivity contribution in [1.29, 1.82) is 0 Å². The van der Waals surface area contributed by atoms with Crippen LogP contribution in [-0.2, 0) is 14.3 Å². The van der Waals surface area contributed by atoms with Crippen LogP contribution in [0.5, 0.6) is 0 Å². The predicted octanol–water partition coefficient (Wildman–Crippen LogP) is 2.16. The molecule has 0 spiro atoms. The molecule has 0 N–H and O–H groups in total. The van der Waals surface area contributed by atoms with E-state index in [2.05, 4.69) is 6.58 Å². The Bertz CT molecular complexity index is 247. The van der Waals surface area contributed by atoms with Crippen molar-refractivity contribution in [2.24, 2.45) is 11.8 Å². The van der Waals surface area contributed by atoms with Crippen molar-refractivity contribution in [2.75, 3.05) is 0 Å². The molecule has 0 unspecified atom stereocenters. The van der Waals surface area contributed by atoms with Crippen molar-refractivity contribution in [3.8, 4) is 0 Å². The highest BCUT2D eigenvalue weighted by Gasteiger charge is 2.41. The molecule has 86 valence electrons. The largest absolute Gasteiger partial charge is 0.346 e. The summed E-state index contributed by atoms with van der Waals surface area (Å²) >= 11 is 0. The maximum atomic E-state index is 10.8. The zero-order valence-corrected chi connectivity index (χ0v) is 9.90. The molecule has 1 fully saturated rings. The minimum Gasteiger partial charge on any atom is -0.346 e. The molecule has 0 radical (unpaired) electrons. The summed E-state index contributed by atoms with van der Waals surface area (Å²) in [6, 6.07) is 0. The van der Waals surface area contributed by atoms with Crippen molar-refractivity contribution in [3.63, 3.8) is 0 Å². The first-order valence-electron chi connectivity index (χ1n) is 5.34. The maximum absolute atomic E-state index is 10.8. The summed E-state index contributed by atoms with van der Waals surface area (Å²) in [6.45, 7) is 11.4. The molecule has 0 aliphatic carbocycles. The minimum absolute atomic E-state index is 0.0545. The summed E-state index contributed by atoms with van der Waals surface area (Å²) in [4.78, 5) is 10.8. The average Bonchev–Trinajstić information content (AvgIpc) is 2.19. The summed E-state index contributed by atoms with van der Waals surface area (Å²) in [6.07, 6.45) is 2.55. The van der Waals surface area contributed by atoms with Crippen molar-refractivity contribution in [2.45, 2.75) is 45.7 Å². The van der Waals surface area contributed by atoms with E-state index < -0.39 is 5.79 Å². The van der Waals surface area contributed by atoms with Crippen molar-refractivity contribution in [3.05, 3.63) is 12.7 Å². The number of hydrogen-bond acceptors (Lipinski definition) is 3. The van der Waals surface area contributed by atoms with Gasteiger partial charge in [-0.15, -0.1) is 6.58 Å². The highest BCUT2D eigenvalue weighted by Crippen LogP contribution is 2.34. The topological polar surface area (TPSA) is 35.5 Å². The first kappa shape index (κ1) is 12.4. The van der Waals surface area contributed by atoms with E-state index >= 15 is 0 Å². The lowest BCUT2D eigenvalue weighted by atomic mass is 9.88. The van der Waals surface area contributed by atoms with Gasteiger partial charge in [-0.3, -0.25) is 0 Å². The van der Waals surface area contributed by atoms with Gasteiger partial charge in [-0.05, 0) is 13.8 Å². The molecule has 0 aromatic rings. The Labute approximate surface area is 91.4 Å². The van der Waals surface area contributed by atoms with Gasteiger partial charge in [-0.2, -0.15) is 0 Å². The van der Waals surface area contributed by atoms with Crippen LogP contribution in [0.1, 0.15) is 27.7 Å². The third-order valence-corrected chi connectivity index (χ3v) is 2.84. The lowest BCUT2D eigenvalue weighted by Crippen LogP contribution is -2.51. The van der Waals surface area contributed by atoms with Crippen LogP contribution in [0.25, 0.3) is 0 Å². The second-order valence-electron chi connectivity index (χ2n) is 4.65. The first-order chi connectivity index (χ1) is 6.91. The smallest absolute Gasteiger partial charge is 0.163 e. The van der Waals surface area contributed by atoms with Crippen molar-refractivity contribution < 1.29 is 14.3 Å². The van der Waals surface area contributed by atoms with Crippen LogP contribution in [0.15, 0.2) is 12.7 Å². The third-order valence-electron chi connectivity index (χ3n) is 2.84. The molecule has 1 rings (SSSR count). The Morgan fingerprint density at radius 2 is 2.00 bits per heavy atom. The van der Waals surface area contributed by atoms with Gasteiger partial charge >= 0.3 is 0 Å². The van der Waals surface area contributed by atoms with Crippen LogP contribution in [0.3, 0.4) is 0 Å².